The normalized spacial score (nSPS) is 13.7. The molecule has 394 valence electrons. The van der Waals surface area contributed by atoms with Gasteiger partial charge in [-0.1, -0.05) is 6.92 Å². The van der Waals surface area contributed by atoms with Crippen LogP contribution in [0.25, 0.3) is 6.08 Å². The number of hydroxylamine groups is 2. The molecular weight excluding hydrogens is 927 g/mol. The lowest BCUT2D eigenvalue weighted by Crippen LogP contribution is -2.50. The predicted octanol–water partition coefficient (Wildman–Crippen LogP) is 2.86. The Morgan fingerprint density at radius 3 is 1.65 bits per heavy atom. The number of carboxylic acid groups (broad SMARTS) is 1. The molecule has 0 unspecified atom stereocenters. The fraction of sp³-hybridized carbons (Fsp3) is 0.761. The Morgan fingerprint density at radius 2 is 1.20 bits per heavy atom. The Bertz CT molecular complexity index is 1640. The van der Waals surface area contributed by atoms with Gasteiger partial charge in [0, 0.05) is 43.1 Å². The van der Waals surface area contributed by atoms with Crippen molar-refractivity contribution in [3.8, 4) is 0 Å². The van der Waals surface area contributed by atoms with Gasteiger partial charge in [-0.2, -0.15) is 0 Å². The first-order chi connectivity index (χ1) is 33.5. The van der Waals surface area contributed by atoms with Crippen LogP contribution in [0, 0.1) is 5.92 Å². The number of aliphatic imine (C=N–C) groups is 1. The number of aliphatic carboxylic acids is 1. The number of nitrogens with one attached hydrogen (secondary N) is 1. The summed E-state index contributed by atoms with van der Waals surface area (Å²) in [5, 5.41) is 12.4. The van der Waals surface area contributed by atoms with Gasteiger partial charge in [0.2, 0.25) is 5.91 Å². The molecule has 2 aliphatic heterocycles. The lowest BCUT2D eigenvalue weighted by Gasteiger charge is -2.39. The van der Waals surface area contributed by atoms with E-state index in [0.29, 0.717) is 175 Å². The number of alkyl carbamates (subject to hydrolysis) is 1. The summed E-state index contributed by atoms with van der Waals surface area (Å²) in [6, 6.07) is 2.01. The summed E-state index contributed by atoms with van der Waals surface area (Å²) in [6.45, 7) is 15.8. The summed E-state index contributed by atoms with van der Waals surface area (Å²) in [5.74, 6) is -0.457. The minimum atomic E-state index is -0.884. The number of amidine groups is 1. The number of ether oxygens (including phenoxy) is 11. The van der Waals surface area contributed by atoms with E-state index in [4.69, 9.17) is 67.8 Å². The topological polar surface area (TPSA) is 256 Å². The molecule has 3 rings (SSSR count). The number of likely N-dealkylation sites (tertiary alicyclic amines) is 1. The molecular formula is C46H77N5O17S. The number of hydrogen-bond acceptors (Lipinski definition) is 19. The molecule has 0 aromatic carbocycles. The zero-order valence-corrected chi connectivity index (χ0v) is 41.6. The number of hydrogen-bond donors (Lipinski definition) is 3. The highest BCUT2D eigenvalue weighted by Crippen LogP contribution is 2.37. The fourth-order valence-electron chi connectivity index (χ4n) is 6.37. The second kappa shape index (κ2) is 37.9. The second-order valence-electron chi connectivity index (χ2n) is 15.9. The van der Waals surface area contributed by atoms with Crippen LogP contribution in [0.3, 0.4) is 0 Å². The van der Waals surface area contributed by atoms with Gasteiger partial charge >= 0.3 is 12.1 Å². The highest BCUT2D eigenvalue weighted by atomic mass is 32.1. The first-order valence-corrected chi connectivity index (χ1v) is 24.7. The van der Waals surface area contributed by atoms with Crippen molar-refractivity contribution in [3.63, 3.8) is 0 Å². The van der Waals surface area contributed by atoms with Crippen molar-refractivity contribution in [1.29, 1.82) is 0 Å². The Morgan fingerprint density at radius 1 is 0.739 bits per heavy atom. The molecule has 0 aliphatic carbocycles. The number of nitrogens with zero attached hydrogens (tertiary/aromatic N) is 3. The maximum absolute atomic E-state index is 13.5. The predicted molar refractivity (Wildman–Crippen MR) is 255 cm³/mol. The number of carbonyl (C=O) groups is 4. The van der Waals surface area contributed by atoms with Crippen molar-refractivity contribution in [3.05, 3.63) is 21.4 Å². The summed E-state index contributed by atoms with van der Waals surface area (Å²) < 4.78 is 59.6. The van der Waals surface area contributed by atoms with Crippen molar-refractivity contribution in [1.82, 2.24) is 15.3 Å². The van der Waals surface area contributed by atoms with Crippen molar-refractivity contribution in [2.75, 3.05) is 165 Å². The summed E-state index contributed by atoms with van der Waals surface area (Å²) in [4.78, 5) is 62.6. The third-order valence-corrected chi connectivity index (χ3v) is 10.8. The van der Waals surface area contributed by atoms with Gasteiger partial charge in [-0.3, -0.25) is 19.2 Å². The zero-order chi connectivity index (χ0) is 49.7. The molecule has 23 heteroatoms. The Hall–Kier alpha value is -3.85. The first kappa shape index (κ1) is 59.5. The van der Waals surface area contributed by atoms with Crippen LogP contribution in [0.1, 0.15) is 56.2 Å². The lowest BCUT2D eigenvalue weighted by molar-refractivity contribution is -0.181. The Kier molecular flexibility index (Phi) is 32.7. The molecule has 1 aromatic rings. The van der Waals surface area contributed by atoms with Gasteiger partial charge in [0.1, 0.15) is 5.84 Å². The monoisotopic (exact) mass is 1000 g/mol. The quantitative estimate of drug-likeness (QED) is 0.0628. The van der Waals surface area contributed by atoms with E-state index in [2.05, 4.69) is 10.3 Å². The third-order valence-electron chi connectivity index (χ3n) is 9.69. The molecule has 3 amide bonds. The zero-order valence-electron chi connectivity index (χ0n) is 40.8. The highest BCUT2D eigenvalue weighted by Gasteiger charge is 2.31. The molecule has 0 spiro atoms. The molecule has 4 N–H and O–H groups in total. The van der Waals surface area contributed by atoms with E-state index >= 15 is 0 Å². The Labute approximate surface area is 410 Å². The number of fused-ring (bicyclic) bond motifs is 1. The van der Waals surface area contributed by atoms with Crippen molar-refractivity contribution >= 4 is 52.8 Å². The van der Waals surface area contributed by atoms with E-state index in [0.717, 1.165) is 21.9 Å². The van der Waals surface area contributed by atoms with Crippen LogP contribution in [0.4, 0.5) is 10.5 Å². The molecule has 3 heterocycles. The summed E-state index contributed by atoms with van der Waals surface area (Å²) >= 11 is 1.57. The standard InChI is InChI=1S/C46H77N5O17S/c1-4-8-51(67-11-7-48-46(56)68-36(2)3)45(55)38-31-41-40(49-42(47)32-38)33-39(69-41)30-37-34-50(35-37)43(52)5-9-57-12-14-59-16-18-61-20-22-63-24-26-65-28-29-66-27-25-64-23-21-62-19-17-60-15-13-58-10-6-44(53)54/h31,33,36-37H,4-30,32,34-35H2,1-3H3,(H2,47,49)(H,48,56)(H,53,54). The molecule has 0 radical (unpaired) electrons. The van der Waals surface area contributed by atoms with Crippen molar-refractivity contribution in [2.45, 2.75) is 59.0 Å². The Balaban J connectivity index is 1.09. The number of carboxylic acids is 1. The summed E-state index contributed by atoms with van der Waals surface area (Å²) in [5.41, 5.74) is 7.45. The van der Waals surface area contributed by atoms with Gasteiger partial charge in [0.25, 0.3) is 5.91 Å². The molecule has 0 atom stereocenters. The summed E-state index contributed by atoms with van der Waals surface area (Å²) in [7, 11) is 0. The molecule has 0 saturated carbocycles. The number of rotatable bonds is 43. The van der Waals surface area contributed by atoms with Gasteiger partial charge in [-0.05, 0) is 44.7 Å². The molecule has 1 saturated heterocycles. The SMILES string of the molecule is CCCN(OCCNC(=O)OC(C)C)C(=O)C1=Cc2sc(CC3CN(C(=O)CCOCCOCCOCCOCCOCCOCCOCCOCCOCCOCCC(=O)O)C3)cc2N=C(N)C1. The second-order valence-corrected chi connectivity index (χ2v) is 17.1. The molecule has 1 fully saturated rings. The van der Waals surface area contributed by atoms with E-state index in [1.807, 2.05) is 24.0 Å². The van der Waals surface area contributed by atoms with Gasteiger partial charge in [0.05, 0.1) is 168 Å². The minimum absolute atomic E-state index is 0.0142. The molecule has 69 heavy (non-hydrogen) atoms. The largest absolute Gasteiger partial charge is 0.481 e. The van der Waals surface area contributed by atoms with Crippen molar-refractivity contribution < 1.29 is 81.2 Å². The minimum Gasteiger partial charge on any atom is -0.481 e. The number of thiophene rings is 1. The third kappa shape index (κ3) is 28.6. The average molecular weight is 1000 g/mol. The molecule has 2 aliphatic rings. The van der Waals surface area contributed by atoms with E-state index in [-0.39, 0.29) is 50.5 Å². The van der Waals surface area contributed by atoms with Crippen LogP contribution < -0.4 is 11.1 Å². The van der Waals surface area contributed by atoms with Crippen molar-refractivity contribution in [2.24, 2.45) is 16.6 Å². The van der Waals surface area contributed by atoms with Crippen LogP contribution in [-0.4, -0.2) is 216 Å². The van der Waals surface area contributed by atoms with E-state index < -0.39 is 12.1 Å². The summed E-state index contributed by atoms with van der Waals surface area (Å²) in [6.07, 6.45) is 3.01. The molecule has 1 aromatic heterocycles. The smallest absolute Gasteiger partial charge is 0.407 e. The highest BCUT2D eigenvalue weighted by molar-refractivity contribution is 7.13. The number of carbonyl (C=O) groups excluding carboxylic acids is 3. The number of amides is 3. The average Bonchev–Trinajstić information content (AvgIpc) is 3.59. The number of nitrogens with two attached hydrogens (primary N) is 1. The van der Waals surface area contributed by atoms with Crippen LogP contribution in [0.15, 0.2) is 16.6 Å². The van der Waals surface area contributed by atoms with Crippen LogP contribution >= 0.6 is 11.3 Å². The molecule has 22 nitrogen and oxygen atoms in total. The molecule has 0 bridgehead atoms. The lowest BCUT2D eigenvalue weighted by atomic mass is 9.95. The van der Waals surface area contributed by atoms with Crippen LogP contribution in [0.2, 0.25) is 0 Å². The van der Waals surface area contributed by atoms with Gasteiger partial charge in [-0.25, -0.2) is 14.9 Å². The van der Waals surface area contributed by atoms with Gasteiger partial charge in [-0.15, -0.1) is 11.3 Å². The maximum Gasteiger partial charge on any atom is 0.407 e. The van der Waals surface area contributed by atoms with Gasteiger partial charge < -0.3 is 73.2 Å². The maximum atomic E-state index is 13.5. The van der Waals surface area contributed by atoms with E-state index in [1.54, 1.807) is 25.2 Å². The van der Waals surface area contributed by atoms with E-state index in [1.165, 1.54) is 5.06 Å². The van der Waals surface area contributed by atoms with E-state index in [9.17, 15) is 19.2 Å². The van der Waals surface area contributed by atoms with Crippen LogP contribution in [0.5, 0.6) is 0 Å². The van der Waals surface area contributed by atoms with Gasteiger partial charge in [0.15, 0.2) is 0 Å². The fourth-order valence-corrected chi connectivity index (χ4v) is 7.55. The van der Waals surface area contributed by atoms with Crippen LogP contribution in [-0.2, 0) is 77.7 Å². The first-order valence-electron chi connectivity index (χ1n) is 23.9.